The van der Waals surface area contributed by atoms with Crippen molar-refractivity contribution in [3.63, 3.8) is 0 Å². The summed E-state index contributed by atoms with van der Waals surface area (Å²) in [5, 5.41) is 1.44. The molecule has 1 nitrogen and oxygen atoms in total. The van der Waals surface area contributed by atoms with Crippen molar-refractivity contribution in [2.75, 3.05) is 0 Å². The van der Waals surface area contributed by atoms with Gasteiger partial charge in [-0.25, -0.2) is 17.2 Å². The van der Waals surface area contributed by atoms with Crippen LogP contribution in [0.4, 0.5) is 0 Å². The summed E-state index contributed by atoms with van der Waals surface area (Å²) in [6.07, 6.45) is 5.68. The Hall–Kier alpha value is 0.552. The molecule has 0 saturated carbocycles. The second-order valence-corrected chi connectivity index (χ2v) is 3.06. The van der Waals surface area contributed by atoms with Gasteiger partial charge in [0.2, 0.25) is 0 Å². The van der Waals surface area contributed by atoms with Crippen molar-refractivity contribution in [2.24, 2.45) is 4.40 Å². The van der Waals surface area contributed by atoms with Crippen LogP contribution in [0, 0.1) is 5.25 Å². The zero-order valence-corrected chi connectivity index (χ0v) is 7.55. The summed E-state index contributed by atoms with van der Waals surface area (Å²) in [7, 11) is 0. The van der Waals surface area contributed by atoms with Gasteiger partial charge in [0, 0.05) is 23.6 Å². The number of hydrogen-bond acceptors (Lipinski definition) is 2. The minimum atomic E-state index is 0. The molecule has 0 bridgehead atoms. The molecule has 52 valence electrons. The fourth-order valence-corrected chi connectivity index (χ4v) is 1.26. The van der Waals surface area contributed by atoms with Crippen molar-refractivity contribution in [3.05, 3.63) is 5.25 Å². The quantitative estimate of drug-likeness (QED) is 0.412. The summed E-state index contributed by atoms with van der Waals surface area (Å²) in [4.78, 5) is 0. The smallest absolute Gasteiger partial charge is 0.00935 e. The Morgan fingerprint density at radius 1 is 1.67 bits per heavy atom. The van der Waals surface area contributed by atoms with E-state index in [0.29, 0.717) is 0 Å². The van der Waals surface area contributed by atoms with Crippen LogP contribution in [0.25, 0.3) is 0 Å². The third kappa shape index (κ3) is 4.02. The van der Waals surface area contributed by atoms with Gasteiger partial charge in [0.1, 0.15) is 0 Å². The van der Waals surface area contributed by atoms with E-state index in [2.05, 4.69) is 11.3 Å². The number of nitrogens with zero attached hydrogens (tertiary/aromatic N) is 1. The van der Waals surface area contributed by atoms with Gasteiger partial charge in [-0.2, -0.15) is 13.3 Å². The van der Waals surface area contributed by atoms with Gasteiger partial charge in [-0.05, 0) is 6.42 Å². The molecule has 9 heavy (non-hydrogen) atoms. The first-order valence-electron chi connectivity index (χ1n) is 2.91. The molecule has 1 aliphatic heterocycles. The van der Waals surface area contributed by atoms with E-state index >= 15 is 0 Å². The molecule has 0 aromatic rings. The molecule has 0 aromatic heterocycles. The van der Waals surface area contributed by atoms with Crippen LogP contribution in [0.15, 0.2) is 4.40 Å². The van der Waals surface area contributed by atoms with Crippen LogP contribution in [-0.4, -0.2) is 6.21 Å². The van der Waals surface area contributed by atoms with E-state index in [0.717, 1.165) is 6.42 Å². The summed E-state index contributed by atoms with van der Waals surface area (Å²) in [6.45, 7) is 2.15. The summed E-state index contributed by atoms with van der Waals surface area (Å²) in [5.74, 6) is 0. The largest absolute Gasteiger partial charge is 0.263 e. The monoisotopic (exact) mass is 180 g/mol. The van der Waals surface area contributed by atoms with Gasteiger partial charge in [-0.15, -0.1) is 0 Å². The number of rotatable bonds is 0. The molecule has 0 aromatic carbocycles. The molecule has 1 rings (SSSR count). The molecule has 0 fully saturated rings. The maximum absolute atomic E-state index is 4.11. The molecule has 3 heteroatoms. The van der Waals surface area contributed by atoms with Gasteiger partial charge in [0.05, 0.1) is 0 Å². The van der Waals surface area contributed by atoms with Gasteiger partial charge in [0.15, 0.2) is 0 Å². The molecule has 0 amide bonds. The van der Waals surface area contributed by atoms with E-state index in [4.69, 9.17) is 0 Å². The minimum absolute atomic E-state index is 0. The molecule has 0 spiro atoms. The molecule has 0 atom stereocenters. The van der Waals surface area contributed by atoms with Crippen molar-refractivity contribution in [3.8, 4) is 0 Å². The van der Waals surface area contributed by atoms with E-state index in [1.165, 1.54) is 18.1 Å². The second-order valence-electron chi connectivity index (χ2n) is 1.97. The van der Waals surface area contributed by atoms with Crippen LogP contribution >= 0.6 is 11.9 Å². The number of hydrogen-bond donors (Lipinski definition) is 0. The van der Waals surface area contributed by atoms with Crippen LogP contribution in [0.1, 0.15) is 26.2 Å². The van der Waals surface area contributed by atoms with Crippen molar-refractivity contribution in [1.29, 1.82) is 0 Å². The van der Waals surface area contributed by atoms with E-state index in [1.54, 1.807) is 11.9 Å². The predicted octanol–water partition coefficient (Wildman–Crippen LogP) is 2.44. The Morgan fingerprint density at radius 2 is 2.44 bits per heavy atom. The zero-order valence-electron chi connectivity index (χ0n) is 5.46. The van der Waals surface area contributed by atoms with Crippen LogP contribution in [0.5, 0.6) is 0 Å². The summed E-state index contributed by atoms with van der Waals surface area (Å²) < 4.78 is 4.11. The van der Waals surface area contributed by atoms with E-state index in [1.807, 2.05) is 6.21 Å². The minimum Gasteiger partial charge on any atom is -0.263 e. The van der Waals surface area contributed by atoms with Crippen LogP contribution in [0.3, 0.4) is 0 Å². The molecule has 0 radical (unpaired) electrons. The molecule has 0 N–H and O–H groups in total. The van der Waals surface area contributed by atoms with Crippen molar-refractivity contribution >= 4 is 18.2 Å². The topological polar surface area (TPSA) is 12.4 Å². The van der Waals surface area contributed by atoms with Gasteiger partial charge in [-0.1, -0.05) is 6.42 Å². The molecule has 1 aliphatic rings. The average Bonchev–Trinajstić information content (AvgIpc) is 1.94. The fraction of sp³-hybridized carbons (Fsp3) is 0.667. The van der Waals surface area contributed by atoms with E-state index < -0.39 is 0 Å². The first kappa shape index (κ1) is 9.55. The molecular formula is C6H10CrNS-. The first-order chi connectivity index (χ1) is 3.89. The van der Waals surface area contributed by atoms with Gasteiger partial charge in [-0.3, -0.25) is 4.40 Å². The van der Waals surface area contributed by atoms with Crippen molar-refractivity contribution in [1.82, 2.24) is 0 Å². The fourth-order valence-electron chi connectivity index (χ4n) is 0.668. The van der Waals surface area contributed by atoms with Crippen LogP contribution in [0.2, 0.25) is 0 Å². The Kier molecular flexibility index (Phi) is 5.67. The summed E-state index contributed by atoms with van der Waals surface area (Å²) in [6, 6.07) is 0. The Bertz CT molecular complexity index is 95.1. The SMILES string of the molecule is C[C-]1CCCC=NS1.[Cr]. The third-order valence-electron chi connectivity index (χ3n) is 1.15. The standard InChI is InChI=1S/C6H10NS.Cr/c1-6-4-2-3-5-7-8-6;/h5H,2-4H2,1H3;/q-1;. The molecular weight excluding hydrogens is 170 g/mol. The van der Waals surface area contributed by atoms with E-state index in [9.17, 15) is 0 Å². The summed E-state index contributed by atoms with van der Waals surface area (Å²) >= 11 is 1.62. The summed E-state index contributed by atoms with van der Waals surface area (Å²) in [5.41, 5.74) is 0. The van der Waals surface area contributed by atoms with Gasteiger partial charge in [0.25, 0.3) is 0 Å². The maximum Gasteiger partial charge on any atom is 0.00935 e. The first-order valence-corrected chi connectivity index (χ1v) is 3.68. The van der Waals surface area contributed by atoms with Crippen molar-refractivity contribution in [2.45, 2.75) is 26.2 Å². The van der Waals surface area contributed by atoms with Crippen molar-refractivity contribution < 1.29 is 17.4 Å². The zero-order chi connectivity index (χ0) is 5.82. The average molecular weight is 180 g/mol. The normalized spacial score (nSPS) is 20.6. The molecule has 0 aliphatic carbocycles. The van der Waals surface area contributed by atoms with E-state index in [-0.39, 0.29) is 17.4 Å². The Labute approximate surface area is 71.6 Å². The maximum atomic E-state index is 4.11. The Morgan fingerprint density at radius 3 is 3.22 bits per heavy atom. The second kappa shape index (κ2) is 5.35. The third-order valence-corrected chi connectivity index (χ3v) is 1.92. The van der Waals surface area contributed by atoms with Gasteiger partial charge >= 0.3 is 0 Å². The van der Waals surface area contributed by atoms with Gasteiger partial charge < -0.3 is 0 Å². The van der Waals surface area contributed by atoms with Crippen LogP contribution < -0.4 is 0 Å². The molecule has 1 heterocycles. The molecule has 0 unspecified atom stereocenters. The molecule has 0 saturated heterocycles. The predicted molar refractivity (Wildman–Crippen MR) is 38.9 cm³/mol. The Balaban J connectivity index is 0.000000640. The van der Waals surface area contributed by atoms with Crippen LogP contribution in [-0.2, 0) is 17.4 Å².